The van der Waals surface area contributed by atoms with Crippen LogP contribution in [0, 0.1) is 11.3 Å². The molecule has 3 aromatic rings. The fraction of sp³-hybridized carbons (Fsp3) is 0.344. The Morgan fingerprint density at radius 2 is 1.28 bits per heavy atom. The molecule has 0 radical (unpaired) electrons. The van der Waals surface area contributed by atoms with Gasteiger partial charge in [0, 0.05) is 12.1 Å². The van der Waals surface area contributed by atoms with Gasteiger partial charge in [-0.1, -0.05) is 61.2 Å². The highest BCUT2D eigenvalue weighted by molar-refractivity contribution is 7.44. The largest absolute Gasteiger partial charge is 0.497 e. The molecule has 3 aromatic carbocycles. The van der Waals surface area contributed by atoms with E-state index in [0.717, 1.165) is 28.2 Å². The van der Waals surface area contributed by atoms with Gasteiger partial charge in [0.25, 0.3) is 0 Å². The number of methoxy groups -OCH3 is 2. The highest BCUT2D eigenvalue weighted by Gasteiger charge is 2.43. The van der Waals surface area contributed by atoms with Crippen molar-refractivity contribution in [3.8, 4) is 17.6 Å². The van der Waals surface area contributed by atoms with Crippen molar-refractivity contribution in [3.63, 3.8) is 0 Å². The minimum absolute atomic E-state index is 0.152. The van der Waals surface area contributed by atoms with Crippen molar-refractivity contribution < 1.29 is 18.5 Å². The Kier molecular flexibility index (Phi) is 10.9. The quantitative estimate of drug-likeness (QED) is 0.0888. The number of allylic oxidation sites excluding steroid dienone is 1. The molecule has 1 atom stereocenters. The van der Waals surface area contributed by atoms with E-state index in [0.29, 0.717) is 5.76 Å². The second-order valence-electron chi connectivity index (χ2n) is 9.63. The molecule has 0 aliphatic heterocycles. The van der Waals surface area contributed by atoms with Crippen LogP contribution < -0.4 is 9.47 Å². The predicted octanol–water partition coefficient (Wildman–Crippen LogP) is 7.84. The molecule has 0 spiro atoms. The van der Waals surface area contributed by atoms with Crippen molar-refractivity contribution in [3.05, 3.63) is 108 Å². The molecule has 39 heavy (non-hydrogen) atoms. The van der Waals surface area contributed by atoms with Crippen LogP contribution in [-0.4, -0.2) is 37.6 Å². The Morgan fingerprint density at radius 3 is 1.69 bits per heavy atom. The second kappa shape index (κ2) is 14.1. The number of benzene rings is 3. The average molecular weight is 547 g/mol. The Bertz CT molecular complexity index is 1170. The first-order valence-corrected chi connectivity index (χ1v) is 14.2. The number of nitriles is 1. The topological polar surface area (TPSA) is 64.0 Å². The molecule has 206 valence electrons. The van der Waals surface area contributed by atoms with Gasteiger partial charge in [-0.05, 0) is 68.7 Å². The van der Waals surface area contributed by atoms with Gasteiger partial charge in [-0.25, -0.2) is 4.67 Å². The maximum atomic E-state index is 9.16. The zero-order valence-electron chi connectivity index (χ0n) is 23.8. The lowest BCUT2D eigenvalue weighted by Crippen LogP contribution is -2.36. The third-order valence-electron chi connectivity index (χ3n) is 6.52. The molecule has 1 unspecified atom stereocenters. The molecule has 0 saturated carbocycles. The molecule has 7 heteroatoms. The summed E-state index contributed by atoms with van der Waals surface area (Å²) in [5, 5.41) is 9.16. The normalized spacial score (nSPS) is 12.3. The van der Waals surface area contributed by atoms with Crippen LogP contribution in [0.15, 0.2) is 91.2 Å². The maximum absolute atomic E-state index is 9.16. The molecule has 0 saturated heterocycles. The predicted molar refractivity (Wildman–Crippen MR) is 158 cm³/mol. The highest BCUT2D eigenvalue weighted by atomic mass is 31.2. The molecule has 0 aromatic heterocycles. The van der Waals surface area contributed by atoms with Crippen LogP contribution in [0.3, 0.4) is 0 Å². The van der Waals surface area contributed by atoms with Crippen molar-refractivity contribution in [1.82, 2.24) is 4.67 Å². The first-order valence-electron chi connectivity index (χ1n) is 13.1. The van der Waals surface area contributed by atoms with Gasteiger partial charge in [-0.3, -0.25) is 0 Å². The summed E-state index contributed by atoms with van der Waals surface area (Å²) >= 11 is 0. The summed E-state index contributed by atoms with van der Waals surface area (Å²) in [5.41, 5.74) is 2.06. The smallest absolute Gasteiger partial charge is 0.321 e. The second-order valence-corrected chi connectivity index (χ2v) is 11.0. The SMILES string of the molecule is C=C(OP(OCCC#N)N(C(C)C)C(C)C)C(c1ccccc1)(c1ccc(OC)cc1)c1ccc(OC)cc1. The molecule has 0 bridgehead atoms. The van der Waals surface area contributed by atoms with Crippen molar-refractivity contribution >= 4 is 8.53 Å². The Morgan fingerprint density at radius 1 is 0.821 bits per heavy atom. The lowest BCUT2D eigenvalue weighted by Gasteiger charge is -2.41. The summed E-state index contributed by atoms with van der Waals surface area (Å²) in [4.78, 5) is 0. The van der Waals surface area contributed by atoms with E-state index in [1.165, 1.54) is 0 Å². The van der Waals surface area contributed by atoms with E-state index in [9.17, 15) is 0 Å². The van der Waals surface area contributed by atoms with E-state index in [1.54, 1.807) is 14.2 Å². The monoisotopic (exact) mass is 546 g/mol. The summed E-state index contributed by atoms with van der Waals surface area (Å²) in [6.45, 7) is 13.3. The summed E-state index contributed by atoms with van der Waals surface area (Å²) in [6, 6.07) is 28.7. The summed E-state index contributed by atoms with van der Waals surface area (Å²) in [6.07, 6.45) is 0.277. The van der Waals surface area contributed by atoms with Gasteiger partial charge < -0.3 is 18.5 Å². The molecular formula is C32H39N2O4P. The van der Waals surface area contributed by atoms with Gasteiger partial charge in [0.1, 0.15) is 22.7 Å². The third kappa shape index (κ3) is 6.81. The zero-order valence-corrected chi connectivity index (χ0v) is 24.7. The van der Waals surface area contributed by atoms with Crippen molar-refractivity contribution in [2.75, 3.05) is 20.8 Å². The number of ether oxygens (including phenoxy) is 2. The van der Waals surface area contributed by atoms with Gasteiger partial charge in [-0.2, -0.15) is 5.26 Å². The Labute approximate surface area is 234 Å². The van der Waals surface area contributed by atoms with Crippen LogP contribution in [-0.2, 0) is 14.5 Å². The van der Waals surface area contributed by atoms with Crippen LogP contribution >= 0.6 is 8.53 Å². The number of nitrogens with zero attached hydrogens (tertiary/aromatic N) is 2. The van der Waals surface area contributed by atoms with Crippen molar-refractivity contribution in [2.45, 2.75) is 51.6 Å². The number of hydrogen-bond donors (Lipinski definition) is 0. The first-order chi connectivity index (χ1) is 18.8. The lowest BCUT2D eigenvalue weighted by molar-refractivity contribution is 0.193. The zero-order chi connectivity index (χ0) is 28.4. The first kappa shape index (κ1) is 30.2. The van der Waals surface area contributed by atoms with E-state index in [2.05, 4.69) is 57.1 Å². The average Bonchev–Trinajstić information content (AvgIpc) is 2.94. The van der Waals surface area contributed by atoms with Crippen LogP contribution in [0.1, 0.15) is 50.8 Å². The van der Waals surface area contributed by atoms with E-state index in [-0.39, 0.29) is 25.1 Å². The molecule has 0 aliphatic rings. The van der Waals surface area contributed by atoms with E-state index in [4.69, 9.17) is 23.8 Å². The molecule has 6 nitrogen and oxygen atoms in total. The number of hydrogen-bond acceptors (Lipinski definition) is 6. The van der Waals surface area contributed by atoms with Crippen LogP contribution in [0.5, 0.6) is 11.5 Å². The summed E-state index contributed by atoms with van der Waals surface area (Å²) in [5.74, 6) is 2.04. The lowest BCUT2D eigenvalue weighted by atomic mass is 9.68. The summed E-state index contributed by atoms with van der Waals surface area (Å²) in [7, 11) is 1.74. The molecule has 0 N–H and O–H groups in total. The molecule has 0 aliphatic carbocycles. The van der Waals surface area contributed by atoms with Crippen molar-refractivity contribution in [2.24, 2.45) is 0 Å². The molecule has 3 rings (SSSR count). The van der Waals surface area contributed by atoms with Crippen molar-refractivity contribution in [1.29, 1.82) is 5.26 Å². The van der Waals surface area contributed by atoms with Crippen LogP contribution in [0.2, 0.25) is 0 Å². The fourth-order valence-electron chi connectivity index (χ4n) is 4.80. The summed E-state index contributed by atoms with van der Waals surface area (Å²) < 4.78 is 26.2. The van der Waals surface area contributed by atoms with Gasteiger partial charge >= 0.3 is 8.53 Å². The van der Waals surface area contributed by atoms with Gasteiger partial charge in [0.15, 0.2) is 0 Å². The molecular weight excluding hydrogens is 507 g/mol. The van der Waals surface area contributed by atoms with Gasteiger partial charge in [0.2, 0.25) is 0 Å². The highest BCUT2D eigenvalue weighted by Crippen LogP contribution is 2.54. The minimum atomic E-state index is -1.57. The van der Waals surface area contributed by atoms with Gasteiger partial charge in [0.05, 0.1) is 33.3 Å². The third-order valence-corrected chi connectivity index (χ3v) is 8.60. The Balaban J connectivity index is 2.25. The fourth-order valence-corrected chi connectivity index (χ4v) is 6.41. The Hall–Kier alpha value is -3.36. The van der Waals surface area contributed by atoms with E-state index >= 15 is 0 Å². The maximum Gasteiger partial charge on any atom is 0.321 e. The van der Waals surface area contributed by atoms with Gasteiger partial charge in [-0.15, -0.1) is 0 Å². The molecule has 0 heterocycles. The minimum Gasteiger partial charge on any atom is -0.497 e. The molecule has 0 amide bonds. The van der Waals surface area contributed by atoms with Crippen LogP contribution in [0.4, 0.5) is 0 Å². The standard InChI is InChI=1S/C32H39N2O4P/c1-24(2)34(25(3)4)39(37-23-11-22-33)38-26(5)32(27-12-9-8-10-13-27,28-14-18-30(35-6)19-15-28)29-16-20-31(36-7)21-17-29/h8-10,12-21,24-25H,5,11,23H2,1-4,6-7H3. The van der Waals surface area contributed by atoms with E-state index in [1.807, 2.05) is 66.7 Å². The molecule has 0 fully saturated rings. The van der Waals surface area contributed by atoms with E-state index < -0.39 is 13.9 Å². The number of rotatable bonds is 14. The van der Waals surface area contributed by atoms with Crippen LogP contribution in [0.25, 0.3) is 0 Å².